The van der Waals surface area contributed by atoms with Crippen molar-refractivity contribution in [2.75, 3.05) is 6.61 Å². The molecule has 2 atom stereocenters. The van der Waals surface area contributed by atoms with Gasteiger partial charge in [0.05, 0.1) is 12.2 Å². The number of benzene rings is 1. The molecule has 0 aliphatic carbocycles. The van der Waals surface area contributed by atoms with Crippen LogP contribution in [0.3, 0.4) is 0 Å². The molecule has 0 bridgehead atoms. The molecule has 1 aromatic rings. The van der Waals surface area contributed by atoms with Crippen molar-refractivity contribution < 1.29 is 19.1 Å². The molecule has 1 aliphatic rings. The first-order chi connectivity index (χ1) is 8.15. The fourth-order valence-corrected chi connectivity index (χ4v) is 2.26. The number of alkyl halides is 1. The van der Waals surface area contributed by atoms with Crippen molar-refractivity contribution >= 4 is 27.9 Å². The quantitative estimate of drug-likeness (QED) is 0.634. The molecule has 5 heteroatoms. The number of carbonyl (C=O) groups is 2. The average Bonchev–Trinajstić information content (AvgIpc) is 2.67. The second kappa shape index (κ2) is 4.87. The molecule has 0 N–H and O–H groups in total. The van der Waals surface area contributed by atoms with E-state index < -0.39 is 22.9 Å². The first-order valence-corrected chi connectivity index (χ1v) is 6.17. The average molecular weight is 299 g/mol. The normalized spacial score (nSPS) is 19.4. The van der Waals surface area contributed by atoms with Crippen LogP contribution in [-0.2, 0) is 14.3 Å². The molecule has 0 amide bonds. The minimum Gasteiger partial charge on any atom is -0.465 e. The third-order valence-corrected chi connectivity index (χ3v) is 3.35. The topological polar surface area (TPSA) is 52.6 Å². The number of carbonyl (C=O) groups excluding carboxylic acids is 2. The van der Waals surface area contributed by atoms with Crippen LogP contribution in [0.15, 0.2) is 24.3 Å². The van der Waals surface area contributed by atoms with Crippen LogP contribution in [0.25, 0.3) is 0 Å². The van der Waals surface area contributed by atoms with E-state index >= 15 is 0 Å². The summed E-state index contributed by atoms with van der Waals surface area (Å²) in [7, 11) is 0. The molecular weight excluding hydrogens is 288 g/mol. The summed E-state index contributed by atoms with van der Waals surface area (Å²) in [5, 5.41) is 0. The highest BCUT2D eigenvalue weighted by molar-refractivity contribution is 9.10. The Morgan fingerprint density at radius 3 is 2.94 bits per heavy atom. The van der Waals surface area contributed by atoms with Gasteiger partial charge < -0.3 is 9.47 Å². The third kappa shape index (κ3) is 2.20. The van der Waals surface area contributed by atoms with Crippen LogP contribution in [0, 0.1) is 0 Å². The molecular formula is C12H11BrO4. The highest BCUT2D eigenvalue weighted by atomic mass is 79.9. The van der Waals surface area contributed by atoms with Gasteiger partial charge in [-0.05, 0) is 13.0 Å². The first-order valence-electron chi connectivity index (χ1n) is 5.25. The molecule has 4 nitrogen and oxygen atoms in total. The van der Waals surface area contributed by atoms with E-state index in [1.807, 2.05) is 0 Å². The van der Waals surface area contributed by atoms with E-state index in [2.05, 4.69) is 15.9 Å². The molecule has 1 aliphatic heterocycles. The molecule has 0 spiro atoms. The Bertz CT molecular complexity index is 458. The summed E-state index contributed by atoms with van der Waals surface area (Å²) in [5.41, 5.74) is 1.22. The van der Waals surface area contributed by atoms with Gasteiger partial charge in [0.25, 0.3) is 0 Å². The van der Waals surface area contributed by atoms with Crippen molar-refractivity contribution in [2.45, 2.75) is 17.9 Å². The molecule has 0 aromatic heterocycles. The Kier molecular flexibility index (Phi) is 3.47. The Morgan fingerprint density at radius 1 is 1.53 bits per heavy atom. The predicted octanol–water partition coefficient (Wildman–Crippen LogP) is 2.22. The number of fused-ring (bicyclic) bond motifs is 1. The van der Waals surface area contributed by atoms with E-state index in [9.17, 15) is 9.59 Å². The van der Waals surface area contributed by atoms with E-state index in [1.54, 1.807) is 31.2 Å². The van der Waals surface area contributed by atoms with Gasteiger partial charge in [-0.1, -0.05) is 34.1 Å². The molecule has 1 aromatic carbocycles. The lowest BCUT2D eigenvalue weighted by molar-refractivity contribution is -0.144. The SMILES string of the molecule is CCOC(=O)[C@@H](Br)[C@H]1OC(=O)c2ccccc21. The van der Waals surface area contributed by atoms with E-state index in [4.69, 9.17) is 9.47 Å². The maximum atomic E-state index is 11.6. The fraction of sp³-hybridized carbons (Fsp3) is 0.333. The van der Waals surface area contributed by atoms with Crippen molar-refractivity contribution in [3.8, 4) is 0 Å². The number of halogens is 1. The maximum Gasteiger partial charge on any atom is 0.339 e. The van der Waals surface area contributed by atoms with Gasteiger partial charge in [-0.15, -0.1) is 0 Å². The molecule has 2 rings (SSSR count). The minimum absolute atomic E-state index is 0.295. The lowest BCUT2D eigenvalue weighted by Crippen LogP contribution is -2.24. The molecule has 0 radical (unpaired) electrons. The van der Waals surface area contributed by atoms with Crippen LogP contribution >= 0.6 is 15.9 Å². The van der Waals surface area contributed by atoms with Crippen molar-refractivity contribution in [3.63, 3.8) is 0 Å². The van der Waals surface area contributed by atoms with Gasteiger partial charge in [0.2, 0.25) is 0 Å². The van der Waals surface area contributed by atoms with Gasteiger partial charge >= 0.3 is 11.9 Å². The Hall–Kier alpha value is -1.36. The molecule has 90 valence electrons. The summed E-state index contributed by atoms with van der Waals surface area (Å²) in [6, 6.07) is 7.02. The zero-order chi connectivity index (χ0) is 12.4. The summed E-state index contributed by atoms with van der Waals surface area (Å²) in [5.74, 6) is -0.832. The standard InChI is InChI=1S/C12H11BrO4/c1-2-16-12(15)9(13)10-7-5-3-4-6-8(7)11(14)17-10/h3-6,9-10H,2H2,1H3/t9-,10-/m0/s1. The van der Waals surface area contributed by atoms with Gasteiger partial charge in [-0.3, -0.25) is 4.79 Å². The van der Waals surface area contributed by atoms with Crippen molar-refractivity contribution in [3.05, 3.63) is 35.4 Å². The predicted molar refractivity (Wildman–Crippen MR) is 63.9 cm³/mol. The molecule has 0 saturated heterocycles. The molecule has 17 heavy (non-hydrogen) atoms. The third-order valence-electron chi connectivity index (χ3n) is 2.50. The number of hydrogen-bond donors (Lipinski definition) is 0. The van der Waals surface area contributed by atoms with Gasteiger partial charge in [0.1, 0.15) is 0 Å². The van der Waals surface area contributed by atoms with Crippen LogP contribution in [0.5, 0.6) is 0 Å². The Labute approximate surface area is 107 Å². The summed E-state index contributed by atoms with van der Waals surface area (Å²) >= 11 is 3.22. The zero-order valence-corrected chi connectivity index (χ0v) is 10.8. The van der Waals surface area contributed by atoms with E-state index in [0.29, 0.717) is 17.7 Å². The van der Waals surface area contributed by atoms with Gasteiger partial charge in [0.15, 0.2) is 10.9 Å². The highest BCUT2D eigenvalue weighted by Gasteiger charge is 2.39. The number of rotatable bonds is 3. The minimum atomic E-state index is -0.671. The second-order valence-corrected chi connectivity index (χ2v) is 4.55. The van der Waals surface area contributed by atoms with Crippen LogP contribution < -0.4 is 0 Å². The summed E-state index contributed by atoms with van der Waals surface area (Å²) < 4.78 is 10.1. The van der Waals surface area contributed by atoms with Crippen molar-refractivity contribution in [1.82, 2.24) is 0 Å². The number of cyclic esters (lactones) is 1. The lowest BCUT2D eigenvalue weighted by atomic mass is 10.0. The highest BCUT2D eigenvalue weighted by Crippen LogP contribution is 2.36. The monoisotopic (exact) mass is 298 g/mol. The van der Waals surface area contributed by atoms with Gasteiger partial charge in [-0.25, -0.2) is 4.79 Å². The van der Waals surface area contributed by atoms with Crippen LogP contribution in [0.2, 0.25) is 0 Å². The second-order valence-electron chi connectivity index (χ2n) is 3.57. The summed E-state index contributed by atoms with van der Waals surface area (Å²) in [6.07, 6.45) is -0.613. The van der Waals surface area contributed by atoms with Crippen LogP contribution in [0.1, 0.15) is 28.9 Å². The fourth-order valence-electron chi connectivity index (χ4n) is 1.74. The van der Waals surface area contributed by atoms with Crippen LogP contribution in [0.4, 0.5) is 0 Å². The molecule has 1 heterocycles. The zero-order valence-electron chi connectivity index (χ0n) is 9.18. The Morgan fingerprint density at radius 2 is 2.24 bits per heavy atom. The number of esters is 2. The molecule has 0 fully saturated rings. The molecule has 0 saturated carbocycles. The van der Waals surface area contributed by atoms with Crippen molar-refractivity contribution in [2.24, 2.45) is 0 Å². The summed E-state index contributed by atoms with van der Waals surface area (Å²) in [6.45, 7) is 2.02. The summed E-state index contributed by atoms with van der Waals surface area (Å²) in [4.78, 5) is 22.5. The number of hydrogen-bond acceptors (Lipinski definition) is 4. The van der Waals surface area contributed by atoms with Gasteiger partial charge in [-0.2, -0.15) is 0 Å². The number of ether oxygens (including phenoxy) is 2. The smallest absolute Gasteiger partial charge is 0.339 e. The first kappa shape index (κ1) is 12.1. The van der Waals surface area contributed by atoms with E-state index in [1.165, 1.54) is 0 Å². The largest absolute Gasteiger partial charge is 0.465 e. The molecule has 0 unspecified atom stereocenters. The van der Waals surface area contributed by atoms with Gasteiger partial charge in [0, 0.05) is 5.56 Å². The maximum absolute atomic E-state index is 11.6. The van der Waals surface area contributed by atoms with E-state index in [0.717, 1.165) is 0 Å². The lowest BCUT2D eigenvalue weighted by Gasteiger charge is -2.15. The van der Waals surface area contributed by atoms with E-state index in [-0.39, 0.29) is 0 Å². The Balaban J connectivity index is 2.25. The van der Waals surface area contributed by atoms with Crippen LogP contribution in [-0.4, -0.2) is 23.4 Å². The van der Waals surface area contributed by atoms with Crippen molar-refractivity contribution in [1.29, 1.82) is 0 Å².